The van der Waals surface area contributed by atoms with Crippen LogP contribution in [-0.4, -0.2) is 251 Å². The number of aliphatic hydroxyl groups is 2. The van der Waals surface area contributed by atoms with Gasteiger partial charge in [-0.15, -0.1) is 0 Å². The highest BCUT2D eigenvalue weighted by atomic mass is 16.5. The summed E-state index contributed by atoms with van der Waals surface area (Å²) in [6, 6.07) is -8.24. The molecule has 2 aliphatic heterocycles. The molecule has 10 atom stereocenters. The van der Waals surface area contributed by atoms with E-state index >= 15 is 0 Å². The number of amides is 10. The lowest BCUT2D eigenvalue weighted by atomic mass is 9.83. The second kappa shape index (κ2) is 40.7. The number of ether oxygens (including phenoxy) is 2. The number of rotatable bonds is 34. The van der Waals surface area contributed by atoms with E-state index in [9.17, 15) is 77.8 Å². The van der Waals surface area contributed by atoms with E-state index in [0.29, 0.717) is 12.8 Å². The zero-order chi connectivity index (χ0) is 68.9. The van der Waals surface area contributed by atoms with Gasteiger partial charge in [0.15, 0.2) is 12.2 Å². The maximum Gasteiger partial charge on any atom is 0.376 e. The summed E-state index contributed by atoms with van der Waals surface area (Å²) >= 11 is 0. The maximum absolute atomic E-state index is 14.0. The Bertz CT molecular complexity index is 2280. The number of aliphatic hydroxyl groups excluding tert-OH is 2. The average Bonchev–Trinajstić information content (AvgIpc) is 0.935. The Labute approximate surface area is 530 Å². The first-order valence-corrected chi connectivity index (χ1v) is 30.8. The first kappa shape index (κ1) is 81.0. The molecule has 0 radical (unpaired) electrons. The molecule has 0 aromatic heterocycles. The van der Waals surface area contributed by atoms with Gasteiger partial charge in [-0.05, 0) is 50.2 Å². The van der Waals surface area contributed by atoms with Crippen LogP contribution in [0, 0.1) is 23.7 Å². The van der Waals surface area contributed by atoms with Gasteiger partial charge in [-0.3, -0.25) is 57.5 Å². The minimum absolute atomic E-state index is 0.0409. The van der Waals surface area contributed by atoms with Crippen LogP contribution in [0.2, 0.25) is 13.6 Å². The maximum atomic E-state index is 14.0. The summed E-state index contributed by atoms with van der Waals surface area (Å²) in [5.74, 6) is -8.83. The van der Waals surface area contributed by atoms with Gasteiger partial charge in [0.05, 0.1) is 12.1 Å². The van der Waals surface area contributed by atoms with Crippen LogP contribution < -0.4 is 42.5 Å². The van der Waals surface area contributed by atoms with Gasteiger partial charge >= 0.3 is 26.0 Å². The quantitative estimate of drug-likeness (QED) is 0.0172. The second-order valence-corrected chi connectivity index (χ2v) is 23.7. The van der Waals surface area contributed by atoms with Crippen molar-refractivity contribution in [2.75, 3.05) is 65.6 Å². The van der Waals surface area contributed by atoms with E-state index in [4.69, 9.17) is 9.47 Å². The van der Waals surface area contributed by atoms with Crippen molar-refractivity contribution in [1.29, 1.82) is 0 Å². The predicted octanol–water partition coefficient (Wildman–Crippen LogP) is -3.20. The molecule has 90 heavy (non-hydrogen) atoms. The molecule has 0 saturated carbocycles. The van der Waals surface area contributed by atoms with E-state index in [1.807, 2.05) is 0 Å². The molecule has 30 nitrogen and oxygen atoms in total. The zero-order valence-electron chi connectivity index (χ0n) is 55.0. The first-order valence-electron chi connectivity index (χ1n) is 30.8. The fraction of sp³-hybridized carbons (Fsp3) is 0.724. The highest BCUT2D eigenvalue weighted by Gasteiger charge is 2.45. The van der Waals surface area contributed by atoms with Crippen LogP contribution in [0.3, 0.4) is 0 Å². The molecule has 0 aromatic rings. The van der Waals surface area contributed by atoms with E-state index in [1.165, 1.54) is 49.4 Å². The van der Waals surface area contributed by atoms with Crippen molar-refractivity contribution in [2.24, 2.45) is 23.7 Å². The van der Waals surface area contributed by atoms with E-state index in [-0.39, 0.29) is 89.0 Å². The SMILES string of the molecule is C=CCOC(=O)CNC(=O)C(O)C(CCC)NC(=O)C1CN(B(C)O)CCN1C(=O)[C@@H](NC(=O)[C@@H](NC(C)=O)C(C)C)C(C)C.C=CCOC(=O)CNC(=O)C(O)C(CCC)NC(=O)C1CN(B(C)O)CCN1C(=O)[C@@H](NC(=O)[C@@H](NC(C)=O)C(C)C)C(C)C. The van der Waals surface area contributed by atoms with E-state index in [2.05, 4.69) is 55.7 Å². The third-order valence-corrected chi connectivity index (χ3v) is 14.8. The largest absolute Gasteiger partial charge is 0.460 e. The number of hydrogen-bond acceptors (Lipinski definition) is 20. The van der Waals surface area contributed by atoms with Crippen LogP contribution in [0.5, 0.6) is 0 Å². The number of carbonyl (C=O) groups excluding carboxylic acids is 12. The lowest BCUT2D eigenvalue weighted by Gasteiger charge is -2.43. The molecule has 2 fully saturated rings. The molecule has 0 aliphatic carbocycles. The average molecular weight is 1280 g/mol. The molecule has 0 aromatic carbocycles. The normalized spacial score (nSPS) is 17.8. The summed E-state index contributed by atoms with van der Waals surface area (Å²) < 4.78 is 9.62. The lowest BCUT2D eigenvalue weighted by Crippen LogP contribution is -2.67. The Morgan fingerprint density at radius 2 is 0.811 bits per heavy atom. The van der Waals surface area contributed by atoms with Crippen molar-refractivity contribution < 1.29 is 87.3 Å². The molecule has 6 unspecified atom stereocenters. The number of hydrogen-bond donors (Lipinski definition) is 12. The second-order valence-electron chi connectivity index (χ2n) is 23.7. The van der Waals surface area contributed by atoms with Gasteiger partial charge in [0.2, 0.25) is 47.3 Å². The van der Waals surface area contributed by atoms with E-state index < -0.39 is 159 Å². The van der Waals surface area contributed by atoms with Crippen LogP contribution in [0.25, 0.3) is 0 Å². The first-order chi connectivity index (χ1) is 42.1. The molecule has 32 heteroatoms. The van der Waals surface area contributed by atoms with Gasteiger partial charge in [-0.2, -0.15) is 0 Å². The molecule has 2 aliphatic rings. The number of nitrogens with one attached hydrogen (secondary N) is 8. The molecule has 10 amide bonds. The van der Waals surface area contributed by atoms with Gasteiger partial charge in [0.25, 0.3) is 11.8 Å². The number of nitrogens with zero attached hydrogens (tertiary/aromatic N) is 4. The highest BCUT2D eigenvalue weighted by molar-refractivity contribution is 6.45. The molecule has 0 spiro atoms. The third kappa shape index (κ3) is 26.8. The fourth-order valence-electron chi connectivity index (χ4n) is 9.74. The Morgan fingerprint density at radius 1 is 0.500 bits per heavy atom. The van der Waals surface area contributed by atoms with Crippen molar-refractivity contribution in [3.8, 4) is 0 Å². The van der Waals surface area contributed by atoms with Crippen LogP contribution in [0.4, 0.5) is 0 Å². The molecule has 0 bridgehead atoms. The molecular formula is C58H102B2N12O18. The smallest absolute Gasteiger partial charge is 0.376 e. The number of piperazine rings is 2. The minimum atomic E-state index is -1.72. The van der Waals surface area contributed by atoms with Crippen LogP contribution in [-0.2, 0) is 67.0 Å². The summed E-state index contributed by atoms with van der Waals surface area (Å²) in [7, 11) is -1.85. The van der Waals surface area contributed by atoms with Crippen molar-refractivity contribution in [1.82, 2.24) is 62.0 Å². The van der Waals surface area contributed by atoms with Crippen molar-refractivity contribution in [3.05, 3.63) is 25.3 Å². The van der Waals surface area contributed by atoms with Gasteiger partial charge in [-0.25, -0.2) is 0 Å². The Kier molecular flexibility index (Phi) is 36.6. The topological polar surface area (TPSA) is 413 Å². The number of esters is 2. The highest BCUT2D eigenvalue weighted by Crippen LogP contribution is 2.20. The minimum Gasteiger partial charge on any atom is -0.460 e. The number of carbonyl (C=O) groups is 12. The molecular weight excluding hydrogens is 1170 g/mol. The summed E-state index contributed by atoms with van der Waals surface area (Å²) in [5.41, 5.74) is 0. The third-order valence-electron chi connectivity index (χ3n) is 14.8. The van der Waals surface area contributed by atoms with Crippen LogP contribution in [0.15, 0.2) is 25.3 Å². The lowest BCUT2D eigenvalue weighted by molar-refractivity contribution is -0.148. The van der Waals surface area contributed by atoms with Gasteiger partial charge in [-0.1, -0.05) is 107 Å². The molecule has 2 rings (SSSR count). The van der Waals surface area contributed by atoms with E-state index in [0.717, 1.165) is 0 Å². The Morgan fingerprint density at radius 3 is 1.07 bits per heavy atom. The Balaban J connectivity index is 0.000000900. The van der Waals surface area contributed by atoms with E-state index in [1.54, 1.807) is 78.9 Å². The van der Waals surface area contributed by atoms with Crippen LogP contribution >= 0.6 is 0 Å². The van der Waals surface area contributed by atoms with Crippen LogP contribution in [0.1, 0.15) is 109 Å². The summed E-state index contributed by atoms with van der Waals surface area (Å²) in [6.07, 6.45) is 0.666. The van der Waals surface area contributed by atoms with Crippen molar-refractivity contribution in [3.63, 3.8) is 0 Å². The van der Waals surface area contributed by atoms with Gasteiger partial charge in [0.1, 0.15) is 62.6 Å². The van der Waals surface area contributed by atoms with Gasteiger partial charge < -0.3 is 91.7 Å². The fourth-order valence-corrected chi connectivity index (χ4v) is 9.74. The molecule has 508 valence electrons. The Hall–Kier alpha value is -6.99. The van der Waals surface area contributed by atoms with Crippen molar-refractivity contribution >= 4 is 85.1 Å². The zero-order valence-corrected chi connectivity index (χ0v) is 55.0. The standard InChI is InChI=1S/2C29H51BN6O9/c2*1-9-11-20(25(39)28(42)31-15-22(38)45-14-10-2)33-26(40)21-16-35(30(8)44)12-13-36(21)29(43)24(18(5)6)34-27(41)23(17(3)4)32-19(7)37/h2*10,17-18,20-21,23-25,39,44H,2,9,11-16H2,1,3-8H3,(H,31,42)(H,32,37)(H,33,40)(H,34,41)/t2*20?,21?,23-,24-,25?/m00/s1. The predicted molar refractivity (Wildman–Crippen MR) is 334 cm³/mol. The van der Waals surface area contributed by atoms with Crippen molar-refractivity contribution in [2.45, 2.75) is 183 Å². The molecule has 12 N–H and O–H groups in total. The summed E-state index contributed by atoms with van der Waals surface area (Å²) in [5, 5.41) is 62.7. The summed E-state index contributed by atoms with van der Waals surface area (Å²) in [4.78, 5) is 160. The monoisotopic (exact) mass is 1280 g/mol. The molecule has 2 saturated heterocycles. The summed E-state index contributed by atoms with van der Waals surface area (Å²) in [6.45, 7) is 29.6. The van der Waals surface area contributed by atoms with Gasteiger partial charge in [0, 0.05) is 53.1 Å². The molecule has 2 heterocycles.